The summed E-state index contributed by atoms with van der Waals surface area (Å²) < 4.78 is 4.39. The number of allylic oxidation sites excluding steroid dienone is 1. The van der Waals surface area contributed by atoms with Gasteiger partial charge in [0, 0.05) is 0 Å². The van der Waals surface area contributed by atoms with Crippen molar-refractivity contribution in [3.05, 3.63) is 25.2 Å². The molecule has 0 radical (unpaired) electrons. The van der Waals surface area contributed by atoms with Crippen molar-refractivity contribution in [1.29, 1.82) is 0 Å². The van der Waals surface area contributed by atoms with Gasteiger partial charge >= 0.3 is 0 Å². The van der Waals surface area contributed by atoms with Gasteiger partial charge in [-0.1, -0.05) is 13.2 Å². The van der Waals surface area contributed by atoms with E-state index >= 15 is 0 Å². The first kappa shape index (κ1) is 7.24. The number of hydrogen-bond acceptors (Lipinski definition) is 2. The van der Waals surface area contributed by atoms with Gasteiger partial charge in [-0.05, 0) is 11.6 Å². The van der Waals surface area contributed by atoms with E-state index in [-0.39, 0.29) is 5.76 Å². The molecule has 0 aromatic carbocycles. The van der Waals surface area contributed by atoms with Crippen LogP contribution in [0.25, 0.3) is 0 Å². The van der Waals surface area contributed by atoms with Gasteiger partial charge < -0.3 is 4.74 Å². The van der Waals surface area contributed by atoms with E-state index < -0.39 is 5.24 Å². The van der Waals surface area contributed by atoms with Gasteiger partial charge in [-0.25, -0.2) is 0 Å². The summed E-state index contributed by atoms with van der Waals surface area (Å²) in [6.45, 7) is 6.36. The van der Waals surface area contributed by atoms with Gasteiger partial charge in [-0.3, -0.25) is 4.79 Å². The maximum absolute atomic E-state index is 10.0. The lowest BCUT2D eigenvalue weighted by Gasteiger charge is -1.93. The Morgan fingerprint density at radius 2 is 2.25 bits per heavy atom. The number of ether oxygens (including phenoxy) is 1. The molecule has 0 aliphatic rings. The Kier molecular flexibility index (Phi) is 2.96. The van der Waals surface area contributed by atoms with Gasteiger partial charge in [0.2, 0.25) is 0 Å². The number of carbonyl (C=O) groups is 1. The molecule has 0 heterocycles. The van der Waals surface area contributed by atoms with Crippen molar-refractivity contribution in [2.75, 3.05) is 0 Å². The van der Waals surface area contributed by atoms with E-state index in [1.54, 1.807) is 0 Å². The average molecular weight is 133 g/mol. The summed E-state index contributed by atoms with van der Waals surface area (Å²) in [5.74, 6) is -0.110. The van der Waals surface area contributed by atoms with Crippen LogP contribution in [-0.4, -0.2) is 5.24 Å². The summed E-state index contributed by atoms with van der Waals surface area (Å²) in [7, 11) is 0. The van der Waals surface area contributed by atoms with Gasteiger partial charge in [0.25, 0.3) is 5.24 Å². The summed E-state index contributed by atoms with van der Waals surface area (Å²) in [5, 5.41) is -0.704. The largest absolute Gasteiger partial charge is 0.461 e. The van der Waals surface area contributed by atoms with Crippen LogP contribution in [0, 0.1) is 0 Å². The first-order valence-corrected chi connectivity index (χ1v) is 2.22. The van der Waals surface area contributed by atoms with Crippen LogP contribution < -0.4 is 0 Å². The molecule has 3 heteroatoms. The maximum Gasteiger partial charge on any atom is 0.287 e. The fourth-order valence-corrected chi connectivity index (χ4v) is 0.191. The average Bonchev–Trinajstić information content (AvgIpc) is 1.67. The third-order valence-electron chi connectivity index (χ3n) is 0.445. The number of carbonyl (C=O) groups excluding carboxylic acids is 1. The molecule has 0 fully saturated rings. The Bertz CT molecular complexity index is 128. The molecule has 0 aliphatic heterocycles. The third kappa shape index (κ3) is 2.42. The fourth-order valence-electron chi connectivity index (χ4n) is 0.147. The Balaban J connectivity index is 3.65. The summed E-state index contributed by atoms with van der Waals surface area (Å²) >= 11 is 4.90. The van der Waals surface area contributed by atoms with Crippen molar-refractivity contribution in [2.45, 2.75) is 0 Å². The minimum absolute atomic E-state index is 0.110. The molecule has 2 nitrogen and oxygen atoms in total. The quantitative estimate of drug-likeness (QED) is 0.330. The van der Waals surface area contributed by atoms with E-state index in [0.29, 0.717) is 0 Å². The van der Waals surface area contributed by atoms with E-state index in [1.165, 1.54) is 0 Å². The molecule has 8 heavy (non-hydrogen) atoms. The van der Waals surface area contributed by atoms with Crippen molar-refractivity contribution in [1.82, 2.24) is 0 Å². The third-order valence-corrected chi connectivity index (χ3v) is 0.656. The smallest absolute Gasteiger partial charge is 0.287 e. The molecule has 0 aromatic heterocycles. The standard InChI is InChI=1S/C5H5ClO2/c1-3-8-4(2)5(6)7/h3H,1-2H2. The Morgan fingerprint density at radius 3 is 2.38 bits per heavy atom. The summed E-state index contributed by atoms with van der Waals surface area (Å²) in [6.07, 6.45) is 1.09. The Morgan fingerprint density at radius 1 is 1.75 bits per heavy atom. The van der Waals surface area contributed by atoms with E-state index in [4.69, 9.17) is 11.6 Å². The van der Waals surface area contributed by atoms with Crippen molar-refractivity contribution >= 4 is 16.8 Å². The highest BCUT2D eigenvalue weighted by Gasteiger charge is 1.99. The summed E-state index contributed by atoms with van der Waals surface area (Å²) in [6, 6.07) is 0. The molecule has 44 valence electrons. The van der Waals surface area contributed by atoms with Crippen LogP contribution in [0.4, 0.5) is 0 Å². The van der Waals surface area contributed by atoms with Crippen LogP contribution in [0.1, 0.15) is 0 Å². The molecule has 0 rings (SSSR count). The molecule has 0 saturated heterocycles. The molecule has 0 bridgehead atoms. The highest BCUT2D eigenvalue weighted by atomic mass is 35.5. The van der Waals surface area contributed by atoms with Gasteiger partial charge in [0.1, 0.15) is 0 Å². The summed E-state index contributed by atoms with van der Waals surface area (Å²) in [4.78, 5) is 10.0. The molecular weight excluding hydrogens is 128 g/mol. The normalized spacial score (nSPS) is 7.62. The highest BCUT2D eigenvalue weighted by molar-refractivity contribution is 6.67. The summed E-state index contributed by atoms with van der Waals surface area (Å²) in [5.41, 5.74) is 0. The molecular formula is C5H5ClO2. The second-order valence-corrected chi connectivity index (χ2v) is 1.32. The van der Waals surface area contributed by atoms with E-state index in [2.05, 4.69) is 17.9 Å². The molecule has 0 N–H and O–H groups in total. The molecule has 0 spiro atoms. The van der Waals surface area contributed by atoms with Gasteiger partial charge in [0.05, 0.1) is 6.26 Å². The van der Waals surface area contributed by atoms with Crippen LogP contribution in [0.2, 0.25) is 0 Å². The lowest BCUT2D eigenvalue weighted by Crippen LogP contribution is -1.91. The second kappa shape index (κ2) is 3.27. The predicted molar refractivity (Wildman–Crippen MR) is 31.3 cm³/mol. The first-order valence-electron chi connectivity index (χ1n) is 1.84. The predicted octanol–water partition coefficient (Wildman–Crippen LogP) is 1.43. The molecule has 0 aliphatic carbocycles. The highest BCUT2D eigenvalue weighted by Crippen LogP contribution is 1.97. The number of rotatable bonds is 3. The Labute approximate surface area is 52.4 Å². The second-order valence-electron chi connectivity index (χ2n) is 0.981. The number of halogens is 1. The van der Waals surface area contributed by atoms with Crippen LogP contribution in [-0.2, 0) is 9.53 Å². The Hall–Kier alpha value is -0.760. The fraction of sp³-hybridized carbons (Fsp3) is 0. The van der Waals surface area contributed by atoms with E-state index in [0.717, 1.165) is 6.26 Å². The lowest BCUT2D eigenvalue weighted by atomic mass is 10.6. The van der Waals surface area contributed by atoms with E-state index in [9.17, 15) is 4.79 Å². The maximum atomic E-state index is 10.0. The minimum atomic E-state index is -0.704. The van der Waals surface area contributed by atoms with Crippen molar-refractivity contribution in [2.24, 2.45) is 0 Å². The van der Waals surface area contributed by atoms with Gasteiger partial charge in [-0.15, -0.1) is 0 Å². The van der Waals surface area contributed by atoms with Crippen molar-refractivity contribution in [3.8, 4) is 0 Å². The van der Waals surface area contributed by atoms with Gasteiger partial charge in [0.15, 0.2) is 5.76 Å². The zero-order valence-corrected chi connectivity index (χ0v) is 4.94. The minimum Gasteiger partial charge on any atom is -0.461 e. The molecule has 0 saturated carbocycles. The van der Waals surface area contributed by atoms with Crippen LogP contribution in [0.5, 0.6) is 0 Å². The topological polar surface area (TPSA) is 26.3 Å². The number of hydrogen-bond donors (Lipinski definition) is 0. The zero-order valence-electron chi connectivity index (χ0n) is 4.19. The van der Waals surface area contributed by atoms with Crippen LogP contribution >= 0.6 is 11.6 Å². The SMILES string of the molecule is C=COC(=C)C(=O)Cl. The molecule has 0 amide bonds. The van der Waals surface area contributed by atoms with Crippen molar-refractivity contribution < 1.29 is 9.53 Å². The van der Waals surface area contributed by atoms with Crippen LogP contribution in [0.15, 0.2) is 25.2 Å². The monoisotopic (exact) mass is 132 g/mol. The van der Waals surface area contributed by atoms with Crippen LogP contribution in [0.3, 0.4) is 0 Å². The lowest BCUT2D eigenvalue weighted by molar-refractivity contribution is -0.110. The molecule has 0 aromatic rings. The molecule has 0 unspecified atom stereocenters. The van der Waals surface area contributed by atoms with E-state index in [1.807, 2.05) is 0 Å². The molecule has 0 atom stereocenters. The van der Waals surface area contributed by atoms with Gasteiger partial charge in [-0.2, -0.15) is 0 Å². The zero-order chi connectivity index (χ0) is 6.57. The van der Waals surface area contributed by atoms with Crippen molar-refractivity contribution in [3.63, 3.8) is 0 Å². The first-order chi connectivity index (χ1) is 3.68.